The van der Waals surface area contributed by atoms with E-state index in [9.17, 15) is 18.0 Å². The second kappa shape index (κ2) is 6.88. The Labute approximate surface area is 169 Å². The zero-order chi connectivity index (χ0) is 20.8. The summed E-state index contributed by atoms with van der Waals surface area (Å²) in [6.45, 7) is 3.71. The first kappa shape index (κ1) is 19.4. The summed E-state index contributed by atoms with van der Waals surface area (Å²) in [4.78, 5) is 25.0. The summed E-state index contributed by atoms with van der Waals surface area (Å²) in [6, 6.07) is 13.4. The zero-order valence-corrected chi connectivity index (χ0v) is 17.0. The fourth-order valence-corrected chi connectivity index (χ4v) is 5.42. The molecule has 0 spiro atoms. The molecule has 0 radical (unpaired) electrons. The van der Waals surface area contributed by atoms with Gasteiger partial charge in [-0.2, -0.15) is 0 Å². The molecule has 1 atom stereocenters. The van der Waals surface area contributed by atoms with E-state index in [-0.39, 0.29) is 35.4 Å². The molecule has 7 nitrogen and oxygen atoms in total. The Morgan fingerprint density at radius 2 is 1.86 bits per heavy atom. The van der Waals surface area contributed by atoms with Crippen LogP contribution in [0.25, 0.3) is 0 Å². The second-order valence-corrected chi connectivity index (χ2v) is 9.68. The number of hydrogen-bond donors (Lipinski definition) is 1. The van der Waals surface area contributed by atoms with Crippen LogP contribution in [0.2, 0.25) is 0 Å². The van der Waals surface area contributed by atoms with Crippen LogP contribution in [0.3, 0.4) is 0 Å². The highest BCUT2D eigenvalue weighted by molar-refractivity contribution is 7.90. The Morgan fingerprint density at radius 1 is 1.17 bits per heavy atom. The number of amides is 2. The monoisotopic (exact) mass is 414 g/mol. The fourth-order valence-electron chi connectivity index (χ4n) is 3.85. The van der Waals surface area contributed by atoms with E-state index in [4.69, 9.17) is 4.74 Å². The fraction of sp³-hybridized carbons (Fsp3) is 0.333. The predicted octanol–water partition coefficient (Wildman–Crippen LogP) is 2.64. The van der Waals surface area contributed by atoms with Gasteiger partial charge < -0.3 is 10.1 Å². The van der Waals surface area contributed by atoms with Gasteiger partial charge in [-0.1, -0.05) is 30.3 Å². The van der Waals surface area contributed by atoms with E-state index >= 15 is 0 Å². The summed E-state index contributed by atoms with van der Waals surface area (Å²) in [5.41, 5.74) is 0.591. The average Bonchev–Trinajstić information content (AvgIpc) is 2.85. The third-order valence-corrected chi connectivity index (χ3v) is 7.01. The number of para-hydroxylation sites is 1. The lowest BCUT2D eigenvalue weighted by Gasteiger charge is -2.37. The van der Waals surface area contributed by atoms with E-state index in [0.29, 0.717) is 6.42 Å². The first-order valence-corrected chi connectivity index (χ1v) is 10.9. The van der Waals surface area contributed by atoms with Gasteiger partial charge in [-0.3, -0.25) is 9.59 Å². The molecular formula is C21H22N2O5S. The lowest BCUT2D eigenvalue weighted by Crippen LogP contribution is -2.42. The summed E-state index contributed by atoms with van der Waals surface area (Å²) >= 11 is 0. The SMILES string of the molecule is CC1(C)C[C@@H](NC(=O)CCN2C(=O)c3ccccc3S2(=O)=O)c2ccccc2O1. The largest absolute Gasteiger partial charge is 0.487 e. The van der Waals surface area contributed by atoms with Crippen molar-refractivity contribution in [2.24, 2.45) is 0 Å². The highest BCUT2D eigenvalue weighted by Gasteiger charge is 2.41. The van der Waals surface area contributed by atoms with Gasteiger partial charge in [0.25, 0.3) is 15.9 Å². The minimum absolute atomic E-state index is 0.00878. The number of carbonyl (C=O) groups excluding carboxylic acids is 2. The maximum Gasteiger partial charge on any atom is 0.269 e. The molecule has 4 rings (SSSR count). The number of nitrogens with one attached hydrogen (secondary N) is 1. The first-order valence-electron chi connectivity index (χ1n) is 9.42. The van der Waals surface area contributed by atoms with Gasteiger partial charge in [0, 0.05) is 24.9 Å². The molecule has 0 unspecified atom stereocenters. The second-order valence-electron chi connectivity index (χ2n) is 7.85. The van der Waals surface area contributed by atoms with Crippen molar-refractivity contribution in [3.63, 3.8) is 0 Å². The van der Waals surface area contributed by atoms with Crippen LogP contribution in [0.4, 0.5) is 0 Å². The van der Waals surface area contributed by atoms with Crippen molar-refractivity contribution in [1.29, 1.82) is 0 Å². The van der Waals surface area contributed by atoms with Gasteiger partial charge in [-0.25, -0.2) is 12.7 Å². The van der Waals surface area contributed by atoms with E-state index in [1.807, 2.05) is 38.1 Å². The predicted molar refractivity (Wildman–Crippen MR) is 106 cm³/mol. The van der Waals surface area contributed by atoms with E-state index in [1.165, 1.54) is 12.1 Å². The van der Waals surface area contributed by atoms with E-state index < -0.39 is 21.5 Å². The summed E-state index contributed by atoms with van der Waals surface area (Å²) in [6.07, 6.45) is 0.473. The summed E-state index contributed by atoms with van der Waals surface area (Å²) in [7, 11) is -3.91. The molecule has 0 bridgehead atoms. The van der Waals surface area contributed by atoms with Gasteiger partial charge in [0.05, 0.1) is 11.6 Å². The lowest BCUT2D eigenvalue weighted by atomic mass is 9.89. The molecule has 0 aliphatic carbocycles. The standard InChI is InChI=1S/C21H22N2O5S/c1-21(2)13-16(14-7-3-5-9-17(14)28-21)22-19(24)11-12-23-20(25)15-8-4-6-10-18(15)29(23,26)27/h3-10,16H,11-13H2,1-2H3,(H,22,24)/t16-/m1/s1. The van der Waals surface area contributed by atoms with E-state index in [1.54, 1.807) is 12.1 Å². The Bertz CT molecular complexity index is 1090. The van der Waals surface area contributed by atoms with E-state index in [0.717, 1.165) is 15.6 Å². The van der Waals surface area contributed by atoms with Crippen molar-refractivity contribution in [2.45, 2.75) is 43.2 Å². The Morgan fingerprint density at radius 3 is 2.62 bits per heavy atom. The van der Waals surface area contributed by atoms with Gasteiger partial charge in [-0.05, 0) is 32.0 Å². The van der Waals surface area contributed by atoms with Crippen molar-refractivity contribution in [2.75, 3.05) is 6.54 Å². The summed E-state index contributed by atoms with van der Waals surface area (Å²) < 4.78 is 31.9. The van der Waals surface area contributed by atoms with E-state index in [2.05, 4.69) is 5.32 Å². The van der Waals surface area contributed by atoms with Gasteiger partial charge in [0.15, 0.2) is 0 Å². The number of benzene rings is 2. The van der Waals surface area contributed by atoms with Crippen LogP contribution >= 0.6 is 0 Å². The average molecular weight is 414 g/mol. The highest BCUT2D eigenvalue weighted by Crippen LogP contribution is 2.39. The van der Waals surface area contributed by atoms with Crippen molar-refractivity contribution in [3.8, 4) is 5.75 Å². The number of hydrogen-bond acceptors (Lipinski definition) is 5. The number of sulfonamides is 1. The maximum absolute atomic E-state index is 12.6. The molecule has 8 heteroatoms. The molecule has 2 aliphatic heterocycles. The molecule has 0 saturated carbocycles. The minimum Gasteiger partial charge on any atom is -0.487 e. The van der Waals surface area contributed by atoms with Crippen molar-refractivity contribution in [1.82, 2.24) is 9.62 Å². The molecule has 1 N–H and O–H groups in total. The van der Waals surface area contributed by atoms with Crippen LogP contribution in [0.5, 0.6) is 5.75 Å². The molecule has 0 saturated heterocycles. The van der Waals surface area contributed by atoms with Crippen LogP contribution in [-0.2, 0) is 14.8 Å². The third-order valence-electron chi connectivity index (χ3n) is 5.17. The number of ether oxygens (including phenoxy) is 1. The number of rotatable bonds is 4. The topological polar surface area (TPSA) is 92.8 Å². The van der Waals surface area contributed by atoms with Gasteiger partial charge >= 0.3 is 0 Å². The first-order chi connectivity index (χ1) is 13.7. The highest BCUT2D eigenvalue weighted by atomic mass is 32.2. The van der Waals surface area contributed by atoms with Crippen LogP contribution in [-0.4, -0.2) is 36.7 Å². The molecule has 0 aromatic heterocycles. The van der Waals surface area contributed by atoms with Crippen LogP contribution in [0.1, 0.15) is 48.7 Å². The van der Waals surface area contributed by atoms with Crippen molar-refractivity contribution < 1.29 is 22.7 Å². The van der Waals surface area contributed by atoms with Crippen LogP contribution < -0.4 is 10.1 Å². The Kier molecular flexibility index (Phi) is 4.61. The maximum atomic E-state index is 12.6. The third kappa shape index (κ3) is 3.48. The zero-order valence-electron chi connectivity index (χ0n) is 16.2. The molecule has 0 fully saturated rings. The van der Waals surface area contributed by atoms with Gasteiger partial charge in [0.1, 0.15) is 16.2 Å². The van der Waals surface area contributed by atoms with Gasteiger partial charge in [-0.15, -0.1) is 0 Å². The lowest BCUT2D eigenvalue weighted by molar-refractivity contribution is -0.122. The van der Waals surface area contributed by atoms with Crippen LogP contribution in [0.15, 0.2) is 53.4 Å². The summed E-state index contributed by atoms with van der Waals surface area (Å²) in [5, 5.41) is 2.97. The van der Waals surface area contributed by atoms with Crippen LogP contribution in [0, 0.1) is 0 Å². The van der Waals surface area contributed by atoms with Gasteiger partial charge in [0.2, 0.25) is 5.91 Å². The molecule has 2 heterocycles. The molecule has 2 aromatic carbocycles. The molecule has 152 valence electrons. The molecule has 29 heavy (non-hydrogen) atoms. The minimum atomic E-state index is -3.91. The van der Waals surface area contributed by atoms with Crippen molar-refractivity contribution in [3.05, 3.63) is 59.7 Å². The molecule has 2 aliphatic rings. The Hall–Kier alpha value is -2.87. The summed E-state index contributed by atoms with van der Waals surface area (Å²) in [5.74, 6) is -0.186. The normalized spacial score (nSPS) is 21.1. The molecule has 2 amide bonds. The molecular weight excluding hydrogens is 392 g/mol. The number of nitrogens with zero attached hydrogens (tertiary/aromatic N) is 1. The Balaban J connectivity index is 1.46. The van der Waals surface area contributed by atoms with Crippen molar-refractivity contribution >= 4 is 21.8 Å². The quantitative estimate of drug-likeness (QED) is 0.830. The number of fused-ring (bicyclic) bond motifs is 2. The number of carbonyl (C=O) groups is 2. The molecule has 2 aromatic rings. The smallest absolute Gasteiger partial charge is 0.269 e.